The van der Waals surface area contributed by atoms with E-state index in [0.717, 1.165) is 11.6 Å². The molecular formula is C10H18ClN3S. The van der Waals surface area contributed by atoms with Crippen LogP contribution < -0.4 is 11.1 Å². The first-order valence-corrected chi connectivity index (χ1v) is 6.30. The highest BCUT2D eigenvalue weighted by molar-refractivity contribution is 7.14. The van der Waals surface area contributed by atoms with E-state index < -0.39 is 0 Å². The standard InChI is InChI=1S/C10H18ClN3S/c1-7(2)4-10(3,6-12)14-9-13-8(11)5-15-9/h5,7H,4,6,12H2,1-3H3,(H,13,14). The first-order valence-electron chi connectivity index (χ1n) is 5.04. The van der Waals surface area contributed by atoms with E-state index in [9.17, 15) is 0 Å². The Morgan fingerprint density at radius 3 is 2.73 bits per heavy atom. The Morgan fingerprint density at radius 1 is 1.67 bits per heavy atom. The monoisotopic (exact) mass is 247 g/mol. The largest absolute Gasteiger partial charge is 0.355 e. The van der Waals surface area contributed by atoms with Crippen molar-refractivity contribution in [3.63, 3.8) is 0 Å². The Labute approximate surface area is 100 Å². The number of hydrogen-bond donors (Lipinski definition) is 2. The predicted octanol–water partition coefficient (Wildman–Crippen LogP) is 2.97. The third-order valence-corrected chi connectivity index (χ3v) is 3.27. The predicted molar refractivity (Wildman–Crippen MR) is 67.7 cm³/mol. The molecule has 15 heavy (non-hydrogen) atoms. The molecule has 0 aliphatic carbocycles. The average Bonchev–Trinajstić information content (AvgIpc) is 2.49. The van der Waals surface area contributed by atoms with Crippen LogP contribution in [0.25, 0.3) is 0 Å². The maximum absolute atomic E-state index is 5.79. The van der Waals surface area contributed by atoms with Crippen molar-refractivity contribution in [3.8, 4) is 0 Å². The van der Waals surface area contributed by atoms with E-state index in [-0.39, 0.29) is 5.54 Å². The molecular weight excluding hydrogens is 230 g/mol. The first-order chi connectivity index (χ1) is 6.95. The van der Waals surface area contributed by atoms with Crippen molar-refractivity contribution in [1.29, 1.82) is 0 Å². The molecule has 0 aliphatic heterocycles. The summed E-state index contributed by atoms with van der Waals surface area (Å²) < 4.78 is 0. The van der Waals surface area contributed by atoms with E-state index in [1.165, 1.54) is 11.3 Å². The molecule has 1 aromatic heterocycles. The quantitative estimate of drug-likeness (QED) is 0.841. The second-order valence-corrected chi connectivity index (χ2v) is 5.71. The minimum atomic E-state index is -0.102. The van der Waals surface area contributed by atoms with Gasteiger partial charge in [0.15, 0.2) is 5.13 Å². The van der Waals surface area contributed by atoms with Crippen molar-refractivity contribution in [2.45, 2.75) is 32.7 Å². The van der Waals surface area contributed by atoms with Crippen LogP contribution in [0.5, 0.6) is 0 Å². The molecule has 0 bridgehead atoms. The van der Waals surface area contributed by atoms with Gasteiger partial charge >= 0.3 is 0 Å². The minimum absolute atomic E-state index is 0.102. The fraction of sp³-hybridized carbons (Fsp3) is 0.700. The maximum atomic E-state index is 5.79. The topological polar surface area (TPSA) is 50.9 Å². The molecule has 1 aromatic rings. The SMILES string of the molecule is CC(C)CC(C)(CN)Nc1nc(Cl)cs1. The fourth-order valence-electron chi connectivity index (χ4n) is 1.66. The van der Waals surface area contributed by atoms with E-state index in [0.29, 0.717) is 17.6 Å². The average molecular weight is 248 g/mol. The van der Waals surface area contributed by atoms with Crippen LogP contribution in [-0.2, 0) is 0 Å². The fourth-order valence-corrected chi connectivity index (χ4v) is 2.64. The smallest absolute Gasteiger partial charge is 0.184 e. The Hall–Kier alpha value is -0.320. The van der Waals surface area contributed by atoms with Crippen molar-refractivity contribution in [2.75, 3.05) is 11.9 Å². The lowest BCUT2D eigenvalue weighted by Crippen LogP contribution is -2.43. The van der Waals surface area contributed by atoms with E-state index >= 15 is 0 Å². The molecule has 1 unspecified atom stereocenters. The number of nitrogens with two attached hydrogens (primary N) is 1. The van der Waals surface area contributed by atoms with Gasteiger partial charge in [-0.2, -0.15) is 0 Å². The molecule has 0 aliphatic rings. The summed E-state index contributed by atoms with van der Waals surface area (Å²) in [5.41, 5.74) is 5.69. The number of rotatable bonds is 5. The molecule has 5 heteroatoms. The zero-order chi connectivity index (χ0) is 11.5. The molecule has 1 rings (SSSR count). The first kappa shape index (κ1) is 12.7. The molecule has 3 N–H and O–H groups in total. The Balaban J connectivity index is 2.67. The van der Waals surface area contributed by atoms with Gasteiger partial charge in [-0.1, -0.05) is 25.4 Å². The van der Waals surface area contributed by atoms with E-state index in [1.807, 2.05) is 5.38 Å². The highest BCUT2D eigenvalue weighted by Gasteiger charge is 2.24. The summed E-state index contributed by atoms with van der Waals surface area (Å²) in [4.78, 5) is 4.17. The number of nitrogens with one attached hydrogen (secondary N) is 1. The number of hydrogen-bond acceptors (Lipinski definition) is 4. The molecule has 1 atom stereocenters. The summed E-state index contributed by atoms with van der Waals surface area (Å²) in [6, 6.07) is 0. The van der Waals surface area contributed by atoms with Gasteiger partial charge in [-0.25, -0.2) is 4.98 Å². The van der Waals surface area contributed by atoms with Crippen LogP contribution >= 0.6 is 22.9 Å². The lowest BCUT2D eigenvalue weighted by atomic mass is 9.91. The Morgan fingerprint density at radius 2 is 2.33 bits per heavy atom. The van der Waals surface area contributed by atoms with Crippen LogP contribution in [0.15, 0.2) is 5.38 Å². The minimum Gasteiger partial charge on any atom is -0.355 e. The van der Waals surface area contributed by atoms with Crippen LogP contribution in [0.2, 0.25) is 5.15 Å². The molecule has 0 aromatic carbocycles. The number of halogens is 1. The van der Waals surface area contributed by atoms with Gasteiger partial charge in [-0.3, -0.25) is 0 Å². The van der Waals surface area contributed by atoms with Crippen LogP contribution in [0, 0.1) is 5.92 Å². The van der Waals surface area contributed by atoms with Crippen molar-refractivity contribution < 1.29 is 0 Å². The second kappa shape index (κ2) is 5.14. The molecule has 0 spiro atoms. The Kier molecular flexibility index (Phi) is 4.37. The van der Waals surface area contributed by atoms with Crippen molar-refractivity contribution in [1.82, 2.24) is 4.98 Å². The van der Waals surface area contributed by atoms with E-state index in [4.69, 9.17) is 17.3 Å². The van der Waals surface area contributed by atoms with Crippen LogP contribution in [0.3, 0.4) is 0 Å². The third kappa shape index (κ3) is 3.97. The highest BCUT2D eigenvalue weighted by Crippen LogP contribution is 2.25. The summed E-state index contributed by atoms with van der Waals surface area (Å²) in [5, 5.41) is 6.55. The van der Waals surface area contributed by atoms with Gasteiger partial charge in [-0.05, 0) is 19.3 Å². The van der Waals surface area contributed by atoms with Crippen LogP contribution in [0.1, 0.15) is 27.2 Å². The zero-order valence-electron chi connectivity index (χ0n) is 9.38. The molecule has 1 heterocycles. The number of nitrogens with zero attached hydrogens (tertiary/aromatic N) is 1. The van der Waals surface area contributed by atoms with Crippen LogP contribution in [0.4, 0.5) is 5.13 Å². The summed E-state index contributed by atoms with van der Waals surface area (Å²) in [5.74, 6) is 0.599. The molecule has 0 radical (unpaired) electrons. The van der Waals surface area contributed by atoms with Gasteiger partial charge in [0, 0.05) is 17.5 Å². The van der Waals surface area contributed by atoms with Gasteiger partial charge in [0.2, 0.25) is 0 Å². The normalized spacial score (nSPS) is 15.3. The number of thiazole rings is 1. The summed E-state index contributed by atoms with van der Waals surface area (Å²) in [6.45, 7) is 7.07. The van der Waals surface area contributed by atoms with Crippen molar-refractivity contribution in [2.24, 2.45) is 11.7 Å². The van der Waals surface area contributed by atoms with Gasteiger partial charge in [0.25, 0.3) is 0 Å². The van der Waals surface area contributed by atoms with E-state index in [1.54, 1.807) is 0 Å². The molecule has 86 valence electrons. The van der Waals surface area contributed by atoms with E-state index in [2.05, 4.69) is 31.1 Å². The molecule has 0 amide bonds. The lowest BCUT2D eigenvalue weighted by Gasteiger charge is -2.30. The number of anilines is 1. The van der Waals surface area contributed by atoms with Gasteiger partial charge < -0.3 is 11.1 Å². The molecule has 0 saturated heterocycles. The third-order valence-electron chi connectivity index (χ3n) is 2.19. The summed E-state index contributed by atoms with van der Waals surface area (Å²) >= 11 is 7.28. The van der Waals surface area contributed by atoms with Crippen molar-refractivity contribution >= 4 is 28.1 Å². The van der Waals surface area contributed by atoms with Gasteiger partial charge in [0.1, 0.15) is 5.15 Å². The summed E-state index contributed by atoms with van der Waals surface area (Å²) in [6.07, 6.45) is 1.01. The molecule has 0 saturated carbocycles. The maximum Gasteiger partial charge on any atom is 0.184 e. The highest BCUT2D eigenvalue weighted by atomic mass is 35.5. The molecule has 3 nitrogen and oxygen atoms in total. The zero-order valence-corrected chi connectivity index (χ0v) is 11.0. The van der Waals surface area contributed by atoms with Gasteiger partial charge in [0.05, 0.1) is 0 Å². The van der Waals surface area contributed by atoms with Crippen LogP contribution in [-0.4, -0.2) is 17.1 Å². The summed E-state index contributed by atoms with van der Waals surface area (Å²) in [7, 11) is 0. The Bertz CT molecular complexity index is 313. The second-order valence-electron chi connectivity index (χ2n) is 4.46. The number of aromatic nitrogens is 1. The van der Waals surface area contributed by atoms with Crippen molar-refractivity contribution in [3.05, 3.63) is 10.5 Å². The molecule has 0 fully saturated rings. The van der Waals surface area contributed by atoms with Gasteiger partial charge in [-0.15, -0.1) is 11.3 Å². The lowest BCUT2D eigenvalue weighted by molar-refractivity contribution is 0.407.